The van der Waals surface area contributed by atoms with Crippen molar-refractivity contribution in [2.45, 2.75) is 25.8 Å². The van der Waals surface area contributed by atoms with E-state index in [2.05, 4.69) is 0 Å². The Morgan fingerprint density at radius 1 is 1.38 bits per heavy atom. The minimum absolute atomic E-state index is 0.251. The third-order valence-corrected chi connectivity index (χ3v) is 2.38. The van der Waals surface area contributed by atoms with Crippen molar-refractivity contribution in [3.63, 3.8) is 0 Å². The monoisotopic (exact) mass is 223 g/mol. The first kappa shape index (κ1) is 11.1. The van der Waals surface area contributed by atoms with Gasteiger partial charge < -0.3 is 19.9 Å². The molecule has 1 aliphatic rings. The van der Waals surface area contributed by atoms with Gasteiger partial charge in [0.1, 0.15) is 0 Å². The molecule has 0 saturated carbocycles. The van der Waals surface area contributed by atoms with E-state index in [0.29, 0.717) is 11.5 Å². The molecular formula is C12H17NO3. The molecule has 4 heteroatoms. The maximum atomic E-state index is 5.99. The van der Waals surface area contributed by atoms with Crippen LogP contribution in [0, 0.1) is 0 Å². The highest BCUT2D eigenvalue weighted by Gasteiger charge is 2.22. The lowest BCUT2D eigenvalue weighted by atomic mass is 9.96. The van der Waals surface area contributed by atoms with Crippen LogP contribution in [0.3, 0.4) is 0 Å². The number of methoxy groups -OCH3 is 1. The van der Waals surface area contributed by atoms with E-state index in [1.165, 1.54) is 0 Å². The van der Waals surface area contributed by atoms with E-state index in [0.717, 1.165) is 17.7 Å². The molecule has 0 fully saturated rings. The predicted molar refractivity (Wildman–Crippen MR) is 61.1 cm³/mol. The average Bonchev–Trinajstić information content (AvgIpc) is 2.61. The molecule has 88 valence electrons. The minimum Gasteiger partial charge on any atom is -0.493 e. The highest BCUT2D eigenvalue weighted by atomic mass is 16.7. The molecule has 0 aromatic heterocycles. The zero-order valence-electron chi connectivity index (χ0n) is 9.87. The van der Waals surface area contributed by atoms with E-state index < -0.39 is 0 Å². The molecule has 0 unspecified atom stereocenters. The zero-order chi connectivity index (χ0) is 11.8. The molecular weight excluding hydrogens is 206 g/mol. The van der Waals surface area contributed by atoms with Gasteiger partial charge in [-0.05, 0) is 38.0 Å². The van der Waals surface area contributed by atoms with Crippen molar-refractivity contribution >= 4 is 0 Å². The van der Waals surface area contributed by atoms with E-state index in [-0.39, 0.29) is 12.3 Å². The van der Waals surface area contributed by atoms with Crippen molar-refractivity contribution in [1.29, 1.82) is 0 Å². The molecule has 16 heavy (non-hydrogen) atoms. The van der Waals surface area contributed by atoms with Gasteiger partial charge in [0.05, 0.1) is 7.11 Å². The summed E-state index contributed by atoms with van der Waals surface area (Å²) in [4.78, 5) is 0. The van der Waals surface area contributed by atoms with Gasteiger partial charge in [0.25, 0.3) is 0 Å². The van der Waals surface area contributed by atoms with Crippen molar-refractivity contribution in [1.82, 2.24) is 0 Å². The quantitative estimate of drug-likeness (QED) is 0.847. The second-order valence-corrected chi connectivity index (χ2v) is 4.70. The molecule has 0 bridgehead atoms. The van der Waals surface area contributed by atoms with Crippen LogP contribution >= 0.6 is 0 Å². The summed E-state index contributed by atoms with van der Waals surface area (Å²) in [5.41, 5.74) is 6.83. The lowest BCUT2D eigenvalue weighted by Gasteiger charge is -2.19. The van der Waals surface area contributed by atoms with Crippen LogP contribution in [0.5, 0.6) is 17.2 Å². The lowest BCUT2D eigenvalue weighted by molar-refractivity contribution is 0.171. The summed E-state index contributed by atoms with van der Waals surface area (Å²) in [6.45, 7) is 4.23. The summed E-state index contributed by atoms with van der Waals surface area (Å²) in [6.07, 6.45) is 0.764. The number of ether oxygens (including phenoxy) is 3. The Labute approximate surface area is 95.3 Å². The fourth-order valence-corrected chi connectivity index (χ4v) is 1.81. The van der Waals surface area contributed by atoms with Crippen molar-refractivity contribution in [3.8, 4) is 17.2 Å². The second-order valence-electron chi connectivity index (χ2n) is 4.70. The van der Waals surface area contributed by atoms with Crippen LogP contribution in [-0.2, 0) is 6.42 Å². The maximum Gasteiger partial charge on any atom is 0.231 e. The van der Waals surface area contributed by atoms with Crippen LogP contribution < -0.4 is 19.9 Å². The normalized spacial score (nSPS) is 14.0. The fraction of sp³-hybridized carbons (Fsp3) is 0.500. The zero-order valence-corrected chi connectivity index (χ0v) is 9.87. The van der Waals surface area contributed by atoms with Gasteiger partial charge in [-0.1, -0.05) is 0 Å². The second kappa shape index (κ2) is 3.87. The molecule has 1 aliphatic heterocycles. The van der Waals surface area contributed by atoms with Gasteiger partial charge in [0.2, 0.25) is 12.5 Å². The van der Waals surface area contributed by atoms with Crippen molar-refractivity contribution in [3.05, 3.63) is 17.7 Å². The topological polar surface area (TPSA) is 53.7 Å². The van der Waals surface area contributed by atoms with Gasteiger partial charge in [-0.25, -0.2) is 0 Å². The Kier molecular flexibility index (Phi) is 2.68. The van der Waals surface area contributed by atoms with Gasteiger partial charge in [0, 0.05) is 5.54 Å². The molecule has 4 nitrogen and oxygen atoms in total. The Balaban J connectivity index is 2.35. The number of benzene rings is 1. The van der Waals surface area contributed by atoms with E-state index in [1.807, 2.05) is 26.0 Å². The Morgan fingerprint density at radius 2 is 2.12 bits per heavy atom. The minimum atomic E-state index is -0.251. The third-order valence-electron chi connectivity index (χ3n) is 2.38. The average molecular weight is 223 g/mol. The number of fused-ring (bicyclic) bond motifs is 1. The summed E-state index contributed by atoms with van der Waals surface area (Å²) >= 11 is 0. The van der Waals surface area contributed by atoms with Crippen LogP contribution in [0.1, 0.15) is 19.4 Å². The largest absolute Gasteiger partial charge is 0.493 e. The van der Waals surface area contributed by atoms with E-state index in [9.17, 15) is 0 Å². The molecule has 0 radical (unpaired) electrons. The first-order chi connectivity index (χ1) is 7.49. The summed E-state index contributed by atoms with van der Waals surface area (Å²) in [5.74, 6) is 2.12. The van der Waals surface area contributed by atoms with Gasteiger partial charge >= 0.3 is 0 Å². The number of rotatable bonds is 3. The van der Waals surface area contributed by atoms with Gasteiger partial charge in [-0.3, -0.25) is 0 Å². The van der Waals surface area contributed by atoms with Crippen molar-refractivity contribution < 1.29 is 14.2 Å². The van der Waals surface area contributed by atoms with Crippen LogP contribution in [0.25, 0.3) is 0 Å². The Hall–Kier alpha value is -1.42. The molecule has 1 aromatic carbocycles. The molecule has 1 aromatic rings. The van der Waals surface area contributed by atoms with E-state index in [1.54, 1.807) is 7.11 Å². The number of hydrogen-bond acceptors (Lipinski definition) is 4. The molecule has 0 spiro atoms. The molecule has 1 heterocycles. The summed E-state index contributed by atoms with van der Waals surface area (Å²) in [6, 6.07) is 3.90. The third kappa shape index (κ3) is 2.22. The molecule has 0 saturated heterocycles. The standard InChI is InChI=1S/C12H17NO3/c1-12(2,13)6-8-4-9(14-3)11-10(5-8)15-7-16-11/h4-5H,6-7,13H2,1-3H3. The first-order valence-corrected chi connectivity index (χ1v) is 5.25. The Bertz CT molecular complexity index is 396. The van der Waals surface area contributed by atoms with Crippen molar-refractivity contribution in [2.75, 3.05) is 13.9 Å². The molecule has 0 atom stereocenters. The molecule has 2 N–H and O–H groups in total. The van der Waals surface area contributed by atoms with Crippen molar-refractivity contribution in [2.24, 2.45) is 5.73 Å². The summed E-state index contributed by atoms with van der Waals surface area (Å²) in [5, 5.41) is 0. The Morgan fingerprint density at radius 3 is 2.75 bits per heavy atom. The van der Waals surface area contributed by atoms with Crippen LogP contribution in [0.2, 0.25) is 0 Å². The van der Waals surface area contributed by atoms with Crippen LogP contribution in [-0.4, -0.2) is 19.4 Å². The lowest BCUT2D eigenvalue weighted by Crippen LogP contribution is -2.34. The number of nitrogens with two attached hydrogens (primary N) is 1. The van der Waals surface area contributed by atoms with Gasteiger partial charge in [0.15, 0.2) is 11.5 Å². The highest BCUT2D eigenvalue weighted by molar-refractivity contribution is 5.55. The highest BCUT2D eigenvalue weighted by Crippen LogP contribution is 2.42. The SMILES string of the molecule is COc1cc(CC(C)(C)N)cc2c1OCO2. The van der Waals surface area contributed by atoms with E-state index in [4.69, 9.17) is 19.9 Å². The summed E-state index contributed by atoms with van der Waals surface area (Å²) < 4.78 is 15.9. The predicted octanol–water partition coefficient (Wildman–Crippen LogP) is 1.70. The van der Waals surface area contributed by atoms with Gasteiger partial charge in [-0.15, -0.1) is 0 Å². The van der Waals surface area contributed by atoms with Gasteiger partial charge in [-0.2, -0.15) is 0 Å². The van der Waals surface area contributed by atoms with E-state index >= 15 is 0 Å². The fourth-order valence-electron chi connectivity index (χ4n) is 1.81. The smallest absolute Gasteiger partial charge is 0.231 e. The molecule has 2 rings (SSSR count). The summed E-state index contributed by atoms with van der Waals surface area (Å²) in [7, 11) is 1.62. The molecule has 0 amide bonds. The van der Waals surface area contributed by atoms with Crippen LogP contribution in [0.15, 0.2) is 12.1 Å². The maximum absolute atomic E-state index is 5.99. The molecule has 0 aliphatic carbocycles. The number of hydrogen-bond donors (Lipinski definition) is 1. The van der Waals surface area contributed by atoms with Crippen LogP contribution in [0.4, 0.5) is 0 Å². The first-order valence-electron chi connectivity index (χ1n) is 5.25.